The van der Waals surface area contributed by atoms with Gasteiger partial charge in [0, 0.05) is 5.56 Å². The number of carbonyl (C=O) groups excluding carboxylic acids is 1. The summed E-state index contributed by atoms with van der Waals surface area (Å²) in [6.07, 6.45) is 5.55. The fourth-order valence-corrected chi connectivity index (χ4v) is 3.41. The zero-order chi connectivity index (χ0) is 14.0. The van der Waals surface area contributed by atoms with Crippen molar-refractivity contribution >= 4 is 17.7 Å². The SMILES string of the molecule is COc1c(Cl)cc(C)c(C)c1C1(N=C=O)CCCC1. The van der Waals surface area contributed by atoms with Crippen LogP contribution in [0.4, 0.5) is 0 Å². The van der Waals surface area contributed by atoms with Gasteiger partial charge in [-0.3, -0.25) is 0 Å². The predicted octanol–water partition coefficient (Wildman–Crippen LogP) is 4.07. The lowest BCUT2D eigenvalue weighted by Crippen LogP contribution is -2.22. The summed E-state index contributed by atoms with van der Waals surface area (Å²) < 4.78 is 5.47. The lowest BCUT2D eigenvalue weighted by molar-refractivity contribution is 0.378. The average Bonchev–Trinajstić information content (AvgIpc) is 2.83. The summed E-state index contributed by atoms with van der Waals surface area (Å²) in [4.78, 5) is 15.0. The molecule has 0 aliphatic heterocycles. The minimum Gasteiger partial charge on any atom is -0.495 e. The molecular weight excluding hydrogens is 262 g/mol. The maximum atomic E-state index is 10.9. The Labute approximate surface area is 118 Å². The number of rotatable bonds is 3. The molecule has 0 atom stereocenters. The molecule has 0 heterocycles. The molecule has 0 saturated heterocycles. The summed E-state index contributed by atoms with van der Waals surface area (Å²) in [7, 11) is 1.60. The van der Waals surface area contributed by atoms with Gasteiger partial charge >= 0.3 is 0 Å². The standard InChI is InChI=1S/C15H18ClNO2/c1-10-8-12(16)14(19-3)13(11(10)2)15(17-9-18)6-4-5-7-15/h8H,4-7H2,1-3H3. The molecular formula is C15H18ClNO2. The molecule has 0 aromatic heterocycles. The second-order valence-corrected chi connectivity index (χ2v) is 5.56. The molecule has 102 valence electrons. The van der Waals surface area contributed by atoms with Gasteiger partial charge in [-0.25, -0.2) is 4.79 Å². The molecule has 3 nitrogen and oxygen atoms in total. The fourth-order valence-electron chi connectivity index (χ4n) is 3.08. The molecule has 1 aromatic rings. The smallest absolute Gasteiger partial charge is 0.235 e. The summed E-state index contributed by atoms with van der Waals surface area (Å²) in [5.41, 5.74) is 2.64. The van der Waals surface area contributed by atoms with Crippen molar-refractivity contribution in [1.29, 1.82) is 0 Å². The van der Waals surface area contributed by atoms with Crippen molar-refractivity contribution in [3.8, 4) is 5.75 Å². The lowest BCUT2D eigenvalue weighted by Gasteiger charge is -2.28. The second-order valence-electron chi connectivity index (χ2n) is 5.15. The third-order valence-electron chi connectivity index (χ3n) is 4.11. The van der Waals surface area contributed by atoms with E-state index in [-0.39, 0.29) is 0 Å². The third-order valence-corrected chi connectivity index (χ3v) is 4.39. The number of methoxy groups -OCH3 is 1. The molecule has 0 bridgehead atoms. The molecule has 1 saturated carbocycles. The Morgan fingerprint density at radius 1 is 1.37 bits per heavy atom. The van der Waals surface area contributed by atoms with E-state index < -0.39 is 5.54 Å². The first-order chi connectivity index (χ1) is 9.05. The van der Waals surface area contributed by atoms with Gasteiger partial charge in [-0.1, -0.05) is 24.4 Å². The first kappa shape index (κ1) is 14.1. The largest absolute Gasteiger partial charge is 0.495 e. The molecule has 0 unspecified atom stereocenters. The summed E-state index contributed by atoms with van der Waals surface area (Å²) in [5, 5.41) is 0.577. The van der Waals surface area contributed by atoms with Crippen LogP contribution in [0, 0.1) is 13.8 Å². The highest BCUT2D eigenvalue weighted by atomic mass is 35.5. The topological polar surface area (TPSA) is 38.7 Å². The minimum atomic E-state index is -0.507. The lowest BCUT2D eigenvalue weighted by atomic mass is 9.83. The summed E-state index contributed by atoms with van der Waals surface area (Å²) >= 11 is 6.28. The molecule has 2 rings (SSSR count). The summed E-state index contributed by atoms with van der Waals surface area (Å²) in [6.45, 7) is 4.04. The van der Waals surface area contributed by atoms with Crippen LogP contribution >= 0.6 is 11.6 Å². The van der Waals surface area contributed by atoms with E-state index in [0.29, 0.717) is 10.8 Å². The molecule has 4 heteroatoms. The number of benzene rings is 1. The number of hydrogen-bond acceptors (Lipinski definition) is 3. The maximum absolute atomic E-state index is 10.9. The number of isocyanates is 1. The van der Waals surface area contributed by atoms with Crippen molar-refractivity contribution in [3.05, 3.63) is 27.8 Å². The van der Waals surface area contributed by atoms with Crippen LogP contribution in [0.3, 0.4) is 0 Å². The molecule has 1 aromatic carbocycles. The van der Waals surface area contributed by atoms with Crippen LogP contribution in [0.1, 0.15) is 42.4 Å². The highest BCUT2D eigenvalue weighted by molar-refractivity contribution is 6.32. The van der Waals surface area contributed by atoms with Gasteiger partial charge in [0.15, 0.2) is 0 Å². The van der Waals surface area contributed by atoms with Gasteiger partial charge in [0.25, 0.3) is 0 Å². The Hall–Kier alpha value is -1.31. The van der Waals surface area contributed by atoms with Crippen molar-refractivity contribution in [2.24, 2.45) is 4.99 Å². The number of hydrogen-bond donors (Lipinski definition) is 0. The van der Waals surface area contributed by atoms with E-state index in [9.17, 15) is 4.79 Å². The van der Waals surface area contributed by atoms with Crippen molar-refractivity contribution in [1.82, 2.24) is 0 Å². The van der Waals surface area contributed by atoms with Crippen LogP contribution in [0.15, 0.2) is 11.1 Å². The summed E-state index contributed by atoms with van der Waals surface area (Å²) in [6, 6.07) is 1.90. The van der Waals surface area contributed by atoms with E-state index in [1.54, 1.807) is 13.2 Å². The van der Waals surface area contributed by atoms with E-state index in [4.69, 9.17) is 16.3 Å². The molecule has 1 aliphatic rings. The van der Waals surface area contributed by atoms with E-state index in [1.165, 1.54) is 0 Å². The van der Waals surface area contributed by atoms with E-state index in [1.807, 2.05) is 19.9 Å². The van der Waals surface area contributed by atoms with E-state index in [0.717, 1.165) is 42.4 Å². The zero-order valence-electron chi connectivity index (χ0n) is 11.5. The second kappa shape index (κ2) is 5.36. The fraction of sp³-hybridized carbons (Fsp3) is 0.533. The number of ether oxygens (including phenoxy) is 1. The minimum absolute atomic E-state index is 0.507. The number of aryl methyl sites for hydroxylation is 1. The molecule has 0 N–H and O–H groups in total. The normalized spacial score (nSPS) is 17.1. The van der Waals surface area contributed by atoms with Crippen LogP contribution in [-0.2, 0) is 10.3 Å². The quantitative estimate of drug-likeness (QED) is 0.618. The maximum Gasteiger partial charge on any atom is 0.235 e. The van der Waals surface area contributed by atoms with Crippen LogP contribution in [-0.4, -0.2) is 13.2 Å². The Kier molecular flexibility index (Phi) is 3.98. The Morgan fingerprint density at radius 3 is 2.53 bits per heavy atom. The van der Waals surface area contributed by atoms with Gasteiger partial charge < -0.3 is 4.74 Å². The molecule has 19 heavy (non-hydrogen) atoms. The number of halogens is 1. The van der Waals surface area contributed by atoms with Crippen molar-refractivity contribution < 1.29 is 9.53 Å². The van der Waals surface area contributed by atoms with Gasteiger partial charge in [0.1, 0.15) is 11.3 Å². The molecule has 1 fully saturated rings. The monoisotopic (exact) mass is 279 g/mol. The Balaban J connectivity index is 2.75. The summed E-state index contributed by atoms with van der Waals surface area (Å²) in [5.74, 6) is 0.644. The highest BCUT2D eigenvalue weighted by Gasteiger charge is 2.40. The third kappa shape index (κ3) is 2.29. The highest BCUT2D eigenvalue weighted by Crippen LogP contribution is 2.49. The van der Waals surface area contributed by atoms with Gasteiger partial charge in [-0.15, -0.1) is 0 Å². The zero-order valence-corrected chi connectivity index (χ0v) is 12.3. The first-order valence-corrected chi connectivity index (χ1v) is 6.87. The van der Waals surface area contributed by atoms with Gasteiger partial charge in [-0.05, 0) is 43.9 Å². The van der Waals surface area contributed by atoms with Gasteiger partial charge in [-0.2, -0.15) is 4.99 Å². The first-order valence-electron chi connectivity index (χ1n) is 6.49. The van der Waals surface area contributed by atoms with Gasteiger partial charge in [0.2, 0.25) is 6.08 Å². The van der Waals surface area contributed by atoms with Gasteiger partial charge in [0.05, 0.1) is 12.1 Å². The van der Waals surface area contributed by atoms with Crippen LogP contribution in [0.2, 0.25) is 5.02 Å². The number of aliphatic imine (C=N–C) groups is 1. The molecule has 0 amide bonds. The number of nitrogens with zero attached hydrogens (tertiary/aromatic N) is 1. The Morgan fingerprint density at radius 2 is 2.00 bits per heavy atom. The molecule has 0 spiro atoms. The van der Waals surface area contributed by atoms with Crippen molar-refractivity contribution in [2.45, 2.75) is 45.1 Å². The van der Waals surface area contributed by atoms with E-state index in [2.05, 4.69) is 4.99 Å². The molecule has 0 radical (unpaired) electrons. The predicted molar refractivity (Wildman–Crippen MR) is 75.7 cm³/mol. The Bertz CT molecular complexity index is 542. The van der Waals surface area contributed by atoms with Crippen molar-refractivity contribution in [2.75, 3.05) is 7.11 Å². The van der Waals surface area contributed by atoms with Crippen molar-refractivity contribution in [3.63, 3.8) is 0 Å². The van der Waals surface area contributed by atoms with Crippen LogP contribution in [0.5, 0.6) is 5.75 Å². The average molecular weight is 280 g/mol. The van der Waals surface area contributed by atoms with Crippen LogP contribution in [0.25, 0.3) is 0 Å². The van der Waals surface area contributed by atoms with E-state index >= 15 is 0 Å². The molecule has 1 aliphatic carbocycles. The van der Waals surface area contributed by atoms with Crippen LogP contribution < -0.4 is 4.74 Å².